The van der Waals surface area contributed by atoms with E-state index in [4.69, 9.17) is 9.47 Å². The summed E-state index contributed by atoms with van der Waals surface area (Å²) in [5, 5.41) is 0. The summed E-state index contributed by atoms with van der Waals surface area (Å²) in [4.78, 5) is 12.7. The Morgan fingerprint density at radius 2 is 1.48 bits per heavy atom. The maximum Gasteiger partial charge on any atom is 0.194 e. The van der Waals surface area contributed by atoms with Crippen LogP contribution in [0.15, 0.2) is 60.7 Å². The fourth-order valence-electron chi connectivity index (χ4n) is 2.61. The lowest BCUT2D eigenvalue weighted by molar-refractivity contribution is -0.143. The van der Waals surface area contributed by atoms with Crippen LogP contribution in [-0.4, -0.2) is 17.7 Å². The summed E-state index contributed by atoms with van der Waals surface area (Å²) in [5.74, 6) is -0.815. The molecule has 2 atom stereocenters. The molecular formula is C18H18O3. The Morgan fingerprint density at radius 1 is 0.905 bits per heavy atom. The highest BCUT2D eigenvalue weighted by molar-refractivity contribution is 6.00. The monoisotopic (exact) mass is 282 g/mol. The van der Waals surface area contributed by atoms with Crippen LogP contribution in [0.4, 0.5) is 0 Å². The molecule has 108 valence electrons. The van der Waals surface area contributed by atoms with Gasteiger partial charge in [0.05, 0.1) is 0 Å². The number of ketones is 1. The van der Waals surface area contributed by atoms with E-state index in [0.29, 0.717) is 5.56 Å². The van der Waals surface area contributed by atoms with Crippen molar-refractivity contribution < 1.29 is 14.3 Å². The zero-order valence-corrected chi connectivity index (χ0v) is 12.2. The number of carbonyl (C=O) groups excluding carboxylic acids is 1. The molecule has 1 aliphatic rings. The van der Waals surface area contributed by atoms with Gasteiger partial charge in [0.15, 0.2) is 17.7 Å². The number of rotatable bonds is 3. The Labute approximate surface area is 124 Å². The van der Waals surface area contributed by atoms with Crippen LogP contribution in [0.3, 0.4) is 0 Å². The van der Waals surface area contributed by atoms with Crippen molar-refractivity contribution in [1.29, 1.82) is 0 Å². The fraction of sp³-hybridized carbons (Fsp3) is 0.278. The van der Waals surface area contributed by atoms with E-state index in [0.717, 1.165) is 5.56 Å². The third kappa shape index (κ3) is 2.89. The Balaban J connectivity index is 1.93. The lowest BCUT2D eigenvalue weighted by atomic mass is 9.97. The van der Waals surface area contributed by atoms with Crippen LogP contribution in [0.5, 0.6) is 0 Å². The molecule has 21 heavy (non-hydrogen) atoms. The standard InChI is InChI=1S/C18H18O3/c1-18(2)20-16(14-11-7-4-8-12-14)17(21-18)15(19)13-9-5-3-6-10-13/h3-12,16-17H,1-2H3. The molecule has 0 amide bonds. The number of Topliss-reactive ketones (excluding diaryl/α,β-unsaturated/α-hetero) is 1. The van der Waals surface area contributed by atoms with Gasteiger partial charge in [-0.3, -0.25) is 4.79 Å². The second kappa shape index (κ2) is 5.43. The molecule has 3 rings (SSSR count). The predicted molar refractivity (Wildman–Crippen MR) is 80.0 cm³/mol. The average molecular weight is 282 g/mol. The first kappa shape index (κ1) is 14.0. The smallest absolute Gasteiger partial charge is 0.194 e. The molecule has 0 N–H and O–H groups in total. The Bertz CT molecular complexity index is 619. The molecule has 2 aromatic carbocycles. The van der Waals surface area contributed by atoms with Crippen molar-refractivity contribution in [2.45, 2.75) is 31.8 Å². The van der Waals surface area contributed by atoms with E-state index in [9.17, 15) is 4.79 Å². The largest absolute Gasteiger partial charge is 0.339 e. The van der Waals surface area contributed by atoms with Gasteiger partial charge in [-0.2, -0.15) is 0 Å². The minimum absolute atomic E-state index is 0.0463. The summed E-state index contributed by atoms with van der Waals surface area (Å²) < 4.78 is 11.8. The minimum atomic E-state index is -0.768. The molecule has 0 radical (unpaired) electrons. The first-order valence-corrected chi connectivity index (χ1v) is 7.07. The van der Waals surface area contributed by atoms with Crippen molar-refractivity contribution in [2.24, 2.45) is 0 Å². The molecular weight excluding hydrogens is 264 g/mol. The summed E-state index contributed by atoms with van der Waals surface area (Å²) in [6, 6.07) is 18.9. The molecule has 2 unspecified atom stereocenters. The molecule has 1 heterocycles. The zero-order chi connectivity index (χ0) is 14.9. The number of ether oxygens (including phenoxy) is 2. The molecule has 0 bridgehead atoms. The topological polar surface area (TPSA) is 35.5 Å². The lowest BCUT2D eigenvalue weighted by Crippen LogP contribution is -2.28. The van der Waals surface area contributed by atoms with Crippen LogP contribution in [0.25, 0.3) is 0 Å². The second-order valence-corrected chi connectivity index (χ2v) is 5.62. The first-order valence-electron chi connectivity index (χ1n) is 7.07. The van der Waals surface area contributed by atoms with E-state index < -0.39 is 11.9 Å². The van der Waals surface area contributed by atoms with Gasteiger partial charge in [0.1, 0.15) is 6.10 Å². The van der Waals surface area contributed by atoms with E-state index in [-0.39, 0.29) is 11.9 Å². The molecule has 0 aromatic heterocycles. The summed E-state index contributed by atoms with van der Waals surface area (Å²) in [5.41, 5.74) is 1.60. The van der Waals surface area contributed by atoms with Crippen molar-refractivity contribution in [3.63, 3.8) is 0 Å². The summed E-state index contributed by atoms with van der Waals surface area (Å²) in [6.07, 6.45) is -1.00. The number of hydrogen-bond acceptors (Lipinski definition) is 3. The fourth-order valence-corrected chi connectivity index (χ4v) is 2.61. The minimum Gasteiger partial charge on any atom is -0.339 e. The van der Waals surface area contributed by atoms with Crippen molar-refractivity contribution in [1.82, 2.24) is 0 Å². The van der Waals surface area contributed by atoms with Crippen molar-refractivity contribution in [2.75, 3.05) is 0 Å². The number of benzene rings is 2. The summed E-state index contributed by atoms with van der Waals surface area (Å²) in [6.45, 7) is 3.67. The maximum absolute atomic E-state index is 12.7. The van der Waals surface area contributed by atoms with E-state index in [2.05, 4.69) is 0 Å². The average Bonchev–Trinajstić information content (AvgIpc) is 2.84. The van der Waals surface area contributed by atoms with Crippen LogP contribution >= 0.6 is 0 Å². The highest BCUT2D eigenvalue weighted by Gasteiger charge is 2.45. The summed E-state index contributed by atoms with van der Waals surface area (Å²) >= 11 is 0. The van der Waals surface area contributed by atoms with Crippen LogP contribution in [0.1, 0.15) is 35.9 Å². The first-order chi connectivity index (χ1) is 10.1. The van der Waals surface area contributed by atoms with Gasteiger partial charge in [-0.05, 0) is 19.4 Å². The van der Waals surface area contributed by atoms with Crippen molar-refractivity contribution in [3.8, 4) is 0 Å². The predicted octanol–water partition coefficient (Wildman–Crippen LogP) is 3.76. The molecule has 3 nitrogen and oxygen atoms in total. The molecule has 1 saturated heterocycles. The maximum atomic E-state index is 12.7. The Hall–Kier alpha value is -1.97. The molecule has 2 aromatic rings. The summed E-state index contributed by atoms with van der Waals surface area (Å²) in [7, 11) is 0. The van der Waals surface area contributed by atoms with Crippen LogP contribution in [0.2, 0.25) is 0 Å². The highest BCUT2D eigenvalue weighted by atomic mass is 16.8. The van der Waals surface area contributed by atoms with E-state index in [1.807, 2.05) is 62.4 Å². The molecule has 3 heteroatoms. The molecule has 0 aliphatic carbocycles. The van der Waals surface area contributed by atoms with Gasteiger partial charge >= 0.3 is 0 Å². The van der Waals surface area contributed by atoms with Crippen LogP contribution < -0.4 is 0 Å². The molecule has 1 aliphatic heterocycles. The van der Waals surface area contributed by atoms with E-state index >= 15 is 0 Å². The quantitative estimate of drug-likeness (QED) is 0.804. The van der Waals surface area contributed by atoms with Gasteiger partial charge in [-0.1, -0.05) is 60.7 Å². The zero-order valence-electron chi connectivity index (χ0n) is 12.2. The van der Waals surface area contributed by atoms with Gasteiger partial charge in [-0.15, -0.1) is 0 Å². The van der Waals surface area contributed by atoms with Crippen LogP contribution in [0, 0.1) is 0 Å². The Kier molecular flexibility index (Phi) is 3.62. The molecule has 0 saturated carbocycles. The second-order valence-electron chi connectivity index (χ2n) is 5.62. The third-order valence-electron chi connectivity index (χ3n) is 3.54. The SMILES string of the molecule is CC1(C)OC(C(=O)c2ccccc2)C(c2ccccc2)O1. The highest BCUT2D eigenvalue weighted by Crippen LogP contribution is 2.39. The third-order valence-corrected chi connectivity index (χ3v) is 3.54. The van der Waals surface area contributed by atoms with Gasteiger partial charge < -0.3 is 9.47 Å². The van der Waals surface area contributed by atoms with E-state index in [1.165, 1.54) is 0 Å². The number of hydrogen-bond donors (Lipinski definition) is 0. The van der Waals surface area contributed by atoms with Gasteiger partial charge in [0, 0.05) is 5.56 Å². The van der Waals surface area contributed by atoms with Gasteiger partial charge in [-0.25, -0.2) is 0 Å². The van der Waals surface area contributed by atoms with Gasteiger partial charge in [0.25, 0.3) is 0 Å². The Morgan fingerprint density at radius 3 is 2.10 bits per heavy atom. The van der Waals surface area contributed by atoms with Gasteiger partial charge in [0.2, 0.25) is 0 Å². The number of carbonyl (C=O) groups is 1. The van der Waals surface area contributed by atoms with Crippen molar-refractivity contribution in [3.05, 3.63) is 71.8 Å². The van der Waals surface area contributed by atoms with Crippen molar-refractivity contribution >= 4 is 5.78 Å². The lowest BCUT2D eigenvalue weighted by Gasteiger charge is -2.16. The van der Waals surface area contributed by atoms with E-state index in [1.54, 1.807) is 12.1 Å². The normalized spacial score (nSPS) is 23.9. The molecule has 1 fully saturated rings. The molecule has 0 spiro atoms. The van der Waals surface area contributed by atoms with Crippen LogP contribution in [-0.2, 0) is 9.47 Å².